The largest absolute Gasteiger partial charge is 0.328 e. The lowest BCUT2D eigenvalue weighted by molar-refractivity contribution is 0.583. The van der Waals surface area contributed by atoms with Crippen LogP contribution >= 0.6 is 11.8 Å². The van der Waals surface area contributed by atoms with E-state index in [2.05, 4.69) is 6.92 Å². The number of rotatable bonds is 3. The molecule has 20 heavy (non-hydrogen) atoms. The molecule has 2 rings (SSSR count). The Hall–Kier alpha value is -0.590. The topological polar surface area (TPSA) is 60.2 Å². The average molecular weight is 319 g/mol. The van der Waals surface area contributed by atoms with E-state index in [0.717, 1.165) is 12.2 Å². The first-order chi connectivity index (χ1) is 9.37. The van der Waals surface area contributed by atoms with Crippen molar-refractivity contribution in [1.82, 2.24) is 0 Å². The highest BCUT2D eigenvalue weighted by Gasteiger charge is 2.30. The zero-order valence-corrected chi connectivity index (χ0v) is 13.5. The maximum Gasteiger partial charge on any atom is 0.182 e. The number of hydrogen-bond donors (Lipinski definition) is 1. The van der Waals surface area contributed by atoms with Gasteiger partial charge in [-0.05, 0) is 49.8 Å². The van der Waals surface area contributed by atoms with Crippen molar-refractivity contribution < 1.29 is 12.8 Å². The fraction of sp³-hybridized carbons (Fsp3) is 0.571. The minimum Gasteiger partial charge on any atom is -0.328 e. The second-order valence-electron chi connectivity index (χ2n) is 4.87. The van der Waals surface area contributed by atoms with Crippen LogP contribution in [0.5, 0.6) is 0 Å². The van der Waals surface area contributed by atoms with E-state index >= 15 is 0 Å². The fourth-order valence-electron chi connectivity index (χ4n) is 1.57. The highest BCUT2D eigenvalue weighted by atomic mass is 32.2. The van der Waals surface area contributed by atoms with E-state index in [-0.39, 0.29) is 10.1 Å². The first-order valence-corrected chi connectivity index (χ1v) is 9.40. The van der Waals surface area contributed by atoms with Gasteiger partial charge in [-0.3, -0.25) is 0 Å². The van der Waals surface area contributed by atoms with Gasteiger partial charge in [-0.2, -0.15) is 11.8 Å². The molecule has 2 atom stereocenters. The first-order valence-electron chi connectivity index (χ1n) is 6.70. The molecule has 1 aromatic carbocycles. The van der Waals surface area contributed by atoms with Gasteiger partial charge in [-0.1, -0.05) is 6.92 Å². The van der Waals surface area contributed by atoms with Crippen molar-refractivity contribution in [2.75, 3.05) is 11.5 Å². The minimum atomic E-state index is -3.24. The van der Waals surface area contributed by atoms with Crippen LogP contribution in [-0.2, 0) is 9.84 Å². The van der Waals surface area contributed by atoms with Gasteiger partial charge in [0, 0.05) is 11.8 Å². The van der Waals surface area contributed by atoms with Crippen LogP contribution in [0.4, 0.5) is 4.39 Å². The number of sulfone groups is 1. The van der Waals surface area contributed by atoms with Crippen LogP contribution in [0.25, 0.3) is 0 Å². The van der Waals surface area contributed by atoms with E-state index in [9.17, 15) is 12.8 Å². The van der Waals surface area contributed by atoms with Gasteiger partial charge in [-0.25, -0.2) is 12.8 Å². The Balaban J connectivity index is 0.000000347. The van der Waals surface area contributed by atoms with E-state index in [1.165, 1.54) is 24.3 Å². The van der Waals surface area contributed by atoms with Crippen molar-refractivity contribution in [3.05, 3.63) is 30.1 Å². The van der Waals surface area contributed by atoms with Crippen molar-refractivity contribution in [1.29, 1.82) is 0 Å². The predicted octanol–water partition coefficient (Wildman–Crippen LogP) is 2.85. The van der Waals surface area contributed by atoms with Crippen LogP contribution in [0.3, 0.4) is 0 Å². The molecule has 0 aromatic heterocycles. The molecule has 1 aromatic rings. The molecule has 114 valence electrons. The standard InChI is InChI=1S/C10H11FO2S2.C4H11N/c11-8-1-3-9(4-2-8)15(12,13)10-5-6-14-7-10;1-3-4(2)5/h1-4,10H,5-7H2;4H,3,5H2,1-2H3. The summed E-state index contributed by atoms with van der Waals surface area (Å²) in [7, 11) is -3.24. The van der Waals surface area contributed by atoms with Gasteiger partial charge in [-0.15, -0.1) is 0 Å². The summed E-state index contributed by atoms with van der Waals surface area (Å²) in [5, 5.41) is -0.298. The first kappa shape index (κ1) is 17.5. The maximum absolute atomic E-state index is 12.7. The van der Waals surface area contributed by atoms with Gasteiger partial charge in [0.1, 0.15) is 5.82 Å². The summed E-state index contributed by atoms with van der Waals surface area (Å²) in [4.78, 5) is 0.233. The summed E-state index contributed by atoms with van der Waals surface area (Å²) in [5.74, 6) is 1.14. The highest BCUT2D eigenvalue weighted by Crippen LogP contribution is 2.28. The fourth-order valence-corrected chi connectivity index (χ4v) is 5.10. The van der Waals surface area contributed by atoms with E-state index < -0.39 is 15.7 Å². The summed E-state index contributed by atoms with van der Waals surface area (Å²) < 4.78 is 36.7. The Morgan fingerprint density at radius 1 is 1.40 bits per heavy atom. The molecule has 0 spiro atoms. The molecule has 2 N–H and O–H groups in total. The van der Waals surface area contributed by atoms with Gasteiger partial charge >= 0.3 is 0 Å². The molecule has 0 radical (unpaired) electrons. The number of benzene rings is 1. The monoisotopic (exact) mass is 319 g/mol. The number of thioether (sulfide) groups is 1. The van der Waals surface area contributed by atoms with Crippen LogP contribution in [-0.4, -0.2) is 31.2 Å². The molecule has 0 amide bonds. The molecule has 1 fully saturated rings. The lowest BCUT2D eigenvalue weighted by atomic mass is 10.3. The molecule has 2 unspecified atom stereocenters. The number of halogens is 1. The van der Waals surface area contributed by atoms with Gasteiger partial charge in [0.05, 0.1) is 10.1 Å². The molecule has 0 bridgehead atoms. The lowest BCUT2D eigenvalue weighted by Crippen LogP contribution is -2.20. The Morgan fingerprint density at radius 3 is 2.35 bits per heavy atom. The van der Waals surface area contributed by atoms with Crippen LogP contribution in [0.1, 0.15) is 26.7 Å². The van der Waals surface area contributed by atoms with Crippen LogP contribution < -0.4 is 5.73 Å². The van der Waals surface area contributed by atoms with Gasteiger partial charge < -0.3 is 5.73 Å². The molecule has 1 heterocycles. The van der Waals surface area contributed by atoms with Crippen LogP contribution in [0.15, 0.2) is 29.2 Å². The Kier molecular flexibility index (Phi) is 6.99. The SMILES string of the molecule is CCC(C)N.O=S(=O)(c1ccc(F)cc1)C1CCSC1. The zero-order valence-electron chi connectivity index (χ0n) is 11.9. The molecule has 3 nitrogen and oxygen atoms in total. The van der Waals surface area contributed by atoms with E-state index in [1.807, 2.05) is 6.92 Å². The molecule has 1 saturated heterocycles. The second kappa shape index (κ2) is 8.00. The third kappa shape index (κ3) is 5.07. The Labute approximate surface area is 125 Å². The number of hydrogen-bond acceptors (Lipinski definition) is 4. The molecule has 1 aliphatic heterocycles. The van der Waals surface area contributed by atoms with E-state index in [4.69, 9.17) is 5.73 Å². The summed E-state index contributed by atoms with van der Waals surface area (Å²) in [6, 6.07) is 5.45. The maximum atomic E-state index is 12.7. The minimum absolute atomic E-state index is 0.233. The summed E-state index contributed by atoms with van der Waals surface area (Å²) in [6.07, 6.45) is 1.78. The van der Waals surface area contributed by atoms with Crippen LogP contribution in [0.2, 0.25) is 0 Å². The lowest BCUT2D eigenvalue weighted by Gasteiger charge is -2.09. The Morgan fingerprint density at radius 2 is 1.95 bits per heavy atom. The van der Waals surface area contributed by atoms with E-state index in [1.54, 1.807) is 11.8 Å². The van der Waals surface area contributed by atoms with Gasteiger partial charge in [0.25, 0.3) is 0 Å². The molecular weight excluding hydrogens is 297 g/mol. The van der Waals surface area contributed by atoms with Crippen molar-refractivity contribution in [3.8, 4) is 0 Å². The molecular formula is C14H22FNO2S2. The third-order valence-electron chi connectivity index (χ3n) is 3.11. The second-order valence-corrected chi connectivity index (χ2v) is 8.25. The van der Waals surface area contributed by atoms with Crippen molar-refractivity contribution in [2.45, 2.75) is 42.9 Å². The third-order valence-corrected chi connectivity index (χ3v) is 6.70. The van der Waals surface area contributed by atoms with Crippen molar-refractivity contribution in [2.24, 2.45) is 5.73 Å². The van der Waals surface area contributed by atoms with Crippen LogP contribution in [0, 0.1) is 5.82 Å². The van der Waals surface area contributed by atoms with E-state index in [0.29, 0.717) is 18.2 Å². The smallest absolute Gasteiger partial charge is 0.182 e. The predicted molar refractivity (Wildman–Crippen MR) is 83.3 cm³/mol. The Bertz CT molecular complexity index is 494. The quantitative estimate of drug-likeness (QED) is 0.870. The molecule has 0 aliphatic carbocycles. The van der Waals surface area contributed by atoms with Crippen molar-refractivity contribution >= 4 is 21.6 Å². The zero-order chi connectivity index (χ0) is 15.2. The molecule has 1 aliphatic rings. The summed E-state index contributed by atoms with van der Waals surface area (Å²) >= 11 is 1.65. The normalized spacial score (nSPS) is 20.1. The highest BCUT2D eigenvalue weighted by molar-refractivity contribution is 8.01. The summed E-state index contributed by atoms with van der Waals surface area (Å²) in [6.45, 7) is 4.07. The molecule has 6 heteroatoms. The van der Waals surface area contributed by atoms with Gasteiger partial charge in [0.15, 0.2) is 9.84 Å². The summed E-state index contributed by atoms with van der Waals surface area (Å²) in [5.41, 5.74) is 5.29. The van der Waals surface area contributed by atoms with Crippen molar-refractivity contribution in [3.63, 3.8) is 0 Å². The number of nitrogens with two attached hydrogens (primary N) is 1. The average Bonchev–Trinajstić information content (AvgIpc) is 2.94. The molecule has 0 saturated carbocycles. The van der Waals surface area contributed by atoms with Gasteiger partial charge in [0.2, 0.25) is 0 Å².